The van der Waals surface area contributed by atoms with Gasteiger partial charge in [-0.3, -0.25) is 10.1 Å². The summed E-state index contributed by atoms with van der Waals surface area (Å²) in [4.78, 5) is 15.5. The van der Waals surface area contributed by atoms with Crippen LogP contribution in [-0.2, 0) is 11.3 Å². The first-order valence-corrected chi connectivity index (χ1v) is 7.06. The van der Waals surface area contributed by atoms with Crippen molar-refractivity contribution in [1.82, 2.24) is 10.3 Å². The first-order chi connectivity index (χ1) is 9.24. The van der Waals surface area contributed by atoms with Crippen molar-refractivity contribution in [2.45, 2.75) is 25.4 Å². The summed E-state index contributed by atoms with van der Waals surface area (Å²) in [7, 11) is 0. The highest BCUT2D eigenvalue weighted by atomic mass is 32.1. The van der Waals surface area contributed by atoms with Crippen LogP contribution < -0.4 is 5.32 Å². The Kier molecular flexibility index (Phi) is 3.35. The Labute approximate surface area is 114 Å². The van der Waals surface area contributed by atoms with Crippen molar-refractivity contribution >= 4 is 17.3 Å². The lowest BCUT2D eigenvalue weighted by molar-refractivity contribution is -0.140. The Morgan fingerprint density at radius 2 is 2.47 bits per heavy atom. The zero-order chi connectivity index (χ0) is 13.2. The quantitative estimate of drug-likeness (QED) is 0.848. The van der Waals surface area contributed by atoms with Crippen molar-refractivity contribution < 1.29 is 14.3 Å². The molecule has 0 bridgehead atoms. The van der Waals surface area contributed by atoms with Crippen LogP contribution >= 0.6 is 11.3 Å². The van der Waals surface area contributed by atoms with E-state index in [-0.39, 0.29) is 5.92 Å². The van der Waals surface area contributed by atoms with Gasteiger partial charge in [0.2, 0.25) is 0 Å². The van der Waals surface area contributed by atoms with E-state index in [2.05, 4.69) is 10.3 Å². The highest BCUT2D eigenvalue weighted by Crippen LogP contribution is 2.33. The van der Waals surface area contributed by atoms with Gasteiger partial charge in [0.25, 0.3) is 0 Å². The topological polar surface area (TPSA) is 75.4 Å². The van der Waals surface area contributed by atoms with E-state index in [0.29, 0.717) is 6.54 Å². The van der Waals surface area contributed by atoms with Gasteiger partial charge in [0.1, 0.15) is 6.04 Å². The fourth-order valence-corrected chi connectivity index (χ4v) is 2.79. The smallest absolute Gasteiger partial charge is 0.320 e. The number of hydrogen-bond acceptors (Lipinski definition) is 5. The van der Waals surface area contributed by atoms with Crippen molar-refractivity contribution in [1.29, 1.82) is 0 Å². The Hall–Kier alpha value is -1.66. The molecule has 0 saturated heterocycles. The third-order valence-electron chi connectivity index (χ3n) is 3.15. The number of nitrogens with zero attached hydrogens (tertiary/aromatic N) is 1. The van der Waals surface area contributed by atoms with Crippen molar-refractivity contribution in [3.8, 4) is 10.8 Å². The van der Waals surface area contributed by atoms with Crippen LogP contribution in [0, 0.1) is 5.92 Å². The van der Waals surface area contributed by atoms with Crippen LogP contribution in [0.5, 0.6) is 0 Å². The van der Waals surface area contributed by atoms with Gasteiger partial charge in [0.15, 0.2) is 10.8 Å². The molecule has 2 aromatic heterocycles. The number of carboxylic acid groups (broad SMARTS) is 1. The highest BCUT2D eigenvalue weighted by Gasteiger charge is 2.35. The molecule has 0 radical (unpaired) electrons. The van der Waals surface area contributed by atoms with Gasteiger partial charge in [-0.1, -0.05) is 0 Å². The zero-order valence-electron chi connectivity index (χ0n) is 10.2. The molecular weight excluding hydrogens is 264 g/mol. The largest absolute Gasteiger partial charge is 0.480 e. The number of rotatable bonds is 6. The average Bonchev–Trinajstić information content (AvgIpc) is 2.92. The van der Waals surface area contributed by atoms with Crippen LogP contribution in [0.3, 0.4) is 0 Å². The molecule has 0 aromatic carbocycles. The Balaban J connectivity index is 1.62. The lowest BCUT2D eigenvalue weighted by Crippen LogP contribution is -2.38. The molecule has 19 heavy (non-hydrogen) atoms. The minimum Gasteiger partial charge on any atom is -0.480 e. The molecule has 1 fully saturated rings. The van der Waals surface area contributed by atoms with Crippen molar-refractivity contribution in [2.24, 2.45) is 5.92 Å². The number of aromatic nitrogens is 1. The molecular formula is C13H14N2O3S. The molecule has 1 aliphatic rings. The molecule has 0 aliphatic heterocycles. The third-order valence-corrected chi connectivity index (χ3v) is 4.05. The summed E-state index contributed by atoms with van der Waals surface area (Å²) in [5, 5.41) is 14.9. The summed E-state index contributed by atoms with van der Waals surface area (Å²) >= 11 is 1.50. The van der Waals surface area contributed by atoms with Crippen LogP contribution in [-0.4, -0.2) is 22.1 Å². The van der Waals surface area contributed by atoms with Gasteiger partial charge in [-0.2, -0.15) is 0 Å². The van der Waals surface area contributed by atoms with Crippen LogP contribution in [0.1, 0.15) is 18.5 Å². The lowest BCUT2D eigenvalue weighted by atomic mass is 10.2. The summed E-state index contributed by atoms with van der Waals surface area (Å²) in [5.41, 5.74) is 0.850. The van der Waals surface area contributed by atoms with Gasteiger partial charge in [0.05, 0.1) is 12.0 Å². The normalized spacial score (nSPS) is 16.4. The van der Waals surface area contributed by atoms with E-state index in [4.69, 9.17) is 9.52 Å². The molecule has 1 atom stereocenters. The van der Waals surface area contributed by atoms with E-state index in [1.165, 1.54) is 11.3 Å². The van der Waals surface area contributed by atoms with E-state index >= 15 is 0 Å². The molecule has 3 rings (SSSR count). The van der Waals surface area contributed by atoms with Crippen LogP contribution in [0.15, 0.2) is 28.2 Å². The van der Waals surface area contributed by atoms with Gasteiger partial charge in [0, 0.05) is 11.9 Å². The number of furan rings is 1. The molecule has 5 nitrogen and oxygen atoms in total. The summed E-state index contributed by atoms with van der Waals surface area (Å²) in [5.74, 6) is 0.248. The number of nitrogens with one attached hydrogen (secondary N) is 1. The van der Waals surface area contributed by atoms with Crippen LogP contribution in [0.25, 0.3) is 10.8 Å². The fraction of sp³-hybridized carbons (Fsp3) is 0.385. The van der Waals surface area contributed by atoms with E-state index in [0.717, 1.165) is 29.3 Å². The van der Waals surface area contributed by atoms with Crippen molar-refractivity contribution in [3.05, 3.63) is 29.5 Å². The lowest BCUT2D eigenvalue weighted by Gasteiger charge is -2.11. The van der Waals surface area contributed by atoms with Crippen molar-refractivity contribution in [2.75, 3.05) is 0 Å². The highest BCUT2D eigenvalue weighted by molar-refractivity contribution is 7.13. The molecule has 1 saturated carbocycles. The van der Waals surface area contributed by atoms with E-state index in [1.54, 1.807) is 6.26 Å². The van der Waals surface area contributed by atoms with Gasteiger partial charge >= 0.3 is 5.97 Å². The first kappa shape index (κ1) is 12.4. The molecule has 2 N–H and O–H groups in total. The summed E-state index contributed by atoms with van der Waals surface area (Å²) in [6.45, 7) is 0.477. The average molecular weight is 278 g/mol. The third kappa shape index (κ3) is 2.85. The Morgan fingerprint density at radius 3 is 3.11 bits per heavy atom. The van der Waals surface area contributed by atoms with Crippen LogP contribution in [0.2, 0.25) is 0 Å². The molecule has 6 heteroatoms. The minimum absolute atomic E-state index is 0.278. The maximum Gasteiger partial charge on any atom is 0.320 e. The second kappa shape index (κ2) is 5.14. The van der Waals surface area contributed by atoms with Crippen molar-refractivity contribution in [3.63, 3.8) is 0 Å². The minimum atomic E-state index is -0.774. The van der Waals surface area contributed by atoms with E-state index < -0.39 is 12.0 Å². The van der Waals surface area contributed by atoms with Gasteiger partial charge in [-0.05, 0) is 30.9 Å². The van der Waals surface area contributed by atoms with E-state index in [1.807, 2.05) is 17.5 Å². The predicted molar refractivity (Wildman–Crippen MR) is 70.8 cm³/mol. The number of carboxylic acids is 1. The number of carbonyl (C=O) groups is 1. The molecule has 2 heterocycles. The molecule has 0 amide bonds. The Morgan fingerprint density at radius 1 is 1.63 bits per heavy atom. The van der Waals surface area contributed by atoms with Crippen LogP contribution in [0.4, 0.5) is 0 Å². The van der Waals surface area contributed by atoms with E-state index in [9.17, 15) is 4.79 Å². The Bertz CT molecular complexity index is 560. The summed E-state index contributed by atoms with van der Waals surface area (Å²) < 4.78 is 5.28. The number of aliphatic carboxylic acids is 1. The standard InChI is InChI=1S/C13H14N2O3S/c16-13(17)11(8-3-4-8)14-6-9-7-19-12(15-9)10-2-1-5-18-10/h1-2,5,7-8,11,14H,3-4,6H2,(H,16,17). The second-order valence-electron chi connectivity index (χ2n) is 4.66. The number of hydrogen-bond donors (Lipinski definition) is 2. The molecule has 1 aliphatic carbocycles. The van der Waals surface area contributed by atoms with Gasteiger partial charge < -0.3 is 9.52 Å². The molecule has 100 valence electrons. The van der Waals surface area contributed by atoms with Gasteiger partial charge in [-0.15, -0.1) is 11.3 Å². The number of thiazole rings is 1. The SMILES string of the molecule is O=C(O)C(NCc1csc(-c2ccco2)n1)C1CC1. The molecule has 0 spiro atoms. The second-order valence-corrected chi connectivity index (χ2v) is 5.51. The van der Waals surface area contributed by atoms with Gasteiger partial charge in [-0.25, -0.2) is 4.98 Å². The maximum absolute atomic E-state index is 11.1. The predicted octanol–water partition coefficient (Wildman–Crippen LogP) is 2.36. The fourth-order valence-electron chi connectivity index (χ4n) is 2.00. The summed E-state index contributed by atoms with van der Waals surface area (Å²) in [6, 6.07) is 3.23. The summed E-state index contributed by atoms with van der Waals surface area (Å²) in [6.07, 6.45) is 3.61. The maximum atomic E-state index is 11.1. The monoisotopic (exact) mass is 278 g/mol. The molecule has 1 unspecified atom stereocenters. The zero-order valence-corrected chi connectivity index (χ0v) is 11.0. The first-order valence-electron chi connectivity index (χ1n) is 6.18. The molecule has 2 aromatic rings.